The quantitative estimate of drug-likeness (QED) is 0.693. The van der Waals surface area contributed by atoms with Crippen molar-refractivity contribution < 1.29 is 0 Å². The smallest absolute Gasteiger partial charge is 0.138 e. The van der Waals surface area contributed by atoms with Crippen LogP contribution in [0, 0.1) is 0 Å². The van der Waals surface area contributed by atoms with Crippen molar-refractivity contribution in [1.82, 2.24) is 14.8 Å². The molecule has 0 N–H and O–H groups in total. The molecule has 56 valence electrons. The van der Waals surface area contributed by atoms with Gasteiger partial charge >= 0.3 is 0 Å². The van der Waals surface area contributed by atoms with Crippen LogP contribution in [0.15, 0.2) is 6.33 Å². The first kappa shape index (κ1) is 7.72. The molecule has 0 spiro atoms. The number of aromatic nitrogens is 3. The highest BCUT2D eigenvalue weighted by Gasteiger charge is 1.98. The fourth-order valence-corrected chi connectivity index (χ4v) is 1.19. The van der Waals surface area contributed by atoms with E-state index < -0.39 is 0 Å². The second kappa shape index (κ2) is 3.71. The molecular formula is C6H10BrN3. The van der Waals surface area contributed by atoms with Crippen LogP contribution in [0.25, 0.3) is 0 Å². The van der Waals surface area contributed by atoms with Gasteiger partial charge in [-0.2, -0.15) is 5.10 Å². The molecule has 4 heteroatoms. The first-order chi connectivity index (χ1) is 4.88. The minimum Gasteiger partial charge on any atom is -0.250 e. The average Bonchev–Trinajstić information content (AvgIpc) is 2.36. The van der Waals surface area contributed by atoms with E-state index >= 15 is 0 Å². The normalized spacial score (nSPS) is 10.2. The van der Waals surface area contributed by atoms with Crippen LogP contribution in [0.4, 0.5) is 0 Å². The summed E-state index contributed by atoms with van der Waals surface area (Å²) in [7, 11) is 0. The van der Waals surface area contributed by atoms with Crippen LogP contribution in [-0.4, -0.2) is 20.1 Å². The van der Waals surface area contributed by atoms with Gasteiger partial charge in [0.2, 0.25) is 0 Å². The van der Waals surface area contributed by atoms with Crippen LogP contribution in [0.3, 0.4) is 0 Å². The molecule has 1 rings (SSSR count). The summed E-state index contributed by atoms with van der Waals surface area (Å²) < 4.78 is 1.90. The molecular weight excluding hydrogens is 194 g/mol. The van der Waals surface area contributed by atoms with Crippen LogP contribution < -0.4 is 0 Å². The zero-order valence-electron chi connectivity index (χ0n) is 5.92. The number of nitrogens with zero attached hydrogens (tertiary/aromatic N) is 3. The van der Waals surface area contributed by atoms with Crippen molar-refractivity contribution in [2.45, 2.75) is 19.9 Å². The van der Waals surface area contributed by atoms with E-state index in [-0.39, 0.29) is 0 Å². The molecule has 0 radical (unpaired) electrons. The molecule has 1 heterocycles. The number of alkyl halides is 1. The first-order valence-electron chi connectivity index (χ1n) is 3.31. The lowest BCUT2D eigenvalue weighted by molar-refractivity contribution is 0.621. The number of aryl methyl sites for hydroxylation is 2. The molecule has 0 atom stereocenters. The van der Waals surface area contributed by atoms with E-state index in [2.05, 4.69) is 32.9 Å². The molecule has 0 amide bonds. The van der Waals surface area contributed by atoms with Gasteiger partial charge in [-0.3, -0.25) is 4.68 Å². The summed E-state index contributed by atoms with van der Waals surface area (Å²) in [5.74, 6) is 1.05. The monoisotopic (exact) mass is 203 g/mol. The SMILES string of the molecule is CCn1ncnc1CCBr. The lowest BCUT2D eigenvalue weighted by Gasteiger charge is -1.98. The molecule has 0 bridgehead atoms. The molecule has 1 aromatic heterocycles. The average molecular weight is 204 g/mol. The van der Waals surface area contributed by atoms with Gasteiger partial charge in [0.25, 0.3) is 0 Å². The lowest BCUT2D eigenvalue weighted by Crippen LogP contribution is -2.03. The van der Waals surface area contributed by atoms with Crippen molar-refractivity contribution in [3.05, 3.63) is 12.2 Å². The zero-order valence-corrected chi connectivity index (χ0v) is 7.50. The van der Waals surface area contributed by atoms with Crippen molar-refractivity contribution >= 4 is 15.9 Å². The third-order valence-electron chi connectivity index (χ3n) is 1.31. The van der Waals surface area contributed by atoms with Crippen LogP contribution in [0.5, 0.6) is 0 Å². The number of hydrogen-bond donors (Lipinski definition) is 0. The molecule has 3 nitrogen and oxygen atoms in total. The Bertz CT molecular complexity index is 197. The molecule has 0 aliphatic heterocycles. The van der Waals surface area contributed by atoms with Gasteiger partial charge in [0, 0.05) is 18.3 Å². The van der Waals surface area contributed by atoms with Gasteiger partial charge in [-0.15, -0.1) is 0 Å². The molecule has 0 unspecified atom stereocenters. The predicted octanol–water partition coefficient (Wildman–Crippen LogP) is 1.24. The standard InChI is InChI=1S/C6H10BrN3/c1-2-10-6(3-4-7)8-5-9-10/h5H,2-4H2,1H3. The number of hydrogen-bond acceptors (Lipinski definition) is 2. The summed E-state index contributed by atoms with van der Waals surface area (Å²) in [6, 6.07) is 0. The van der Waals surface area contributed by atoms with Crippen LogP contribution in [0.2, 0.25) is 0 Å². The predicted molar refractivity (Wildman–Crippen MR) is 43.2 cm³/mol. The Balaban J connectivity index is 2.70. The fourth-order valence-electron chi connectivity index (χ4n) is 0.830. The Hall–Kier alpha value is -0.380. The summed E-state index contributed by atoms with van der Waals surface area (Å²) in [6.45, 7) is 2.97. The van der Waals surface area contributed by atoms with E-state index in [9.17, 15) is 0 Å². The van der Waals surface area contributed by atoms with Gasteiger partial charge in [-0.1, -0.05) is 15.9 Å². The first-order valence-corrected chi connectivity index (χ1v) is 4.43. The molecule has 10 heavy (non-hydrogen) atoms. The molecule has 0 saturated carbocycles. The third-order valence-corrected chi connectivity index (χ3v) is 1.71. The van der Waals surface area contributed by atoms with E-state index in [0.717, 1.165) is 24.1 Å². The van der Waals surface area contributed by atoms with Crippen molar-refractivity contribution in [2.24, 2.45) is 0 Å². The van der Waals surface area contributed by atoms with Gasteiger partial charge in [-0.05, 0) is 6.92 Å². The molecule has 0 aliphatic carbocycles. The second-order valence-electron chi connectivity index (χ2n) is 1.93. The Labute approximate surface area is 68.6 Å². The van der Waals surface area contributed by atoms with Crippen molar-refractivity contribution in [3.8, 4) is 0 Å². The Kier molecular flexibility index (Phi) is 2.86. The maximum atomic E-state index is 4.10. The van der Waals surface area contributed by atoms with Crippen LogP contribution in [0.1, 0.15) is 12.7 Å². The minimum absolute atomic E-state index is 0.905. The third kappa shape index (κ3) is 1.56. The molecule has 1 aromatic rings. The number of halogens is 1. The Morgan fingerprint density at radius 3 is 3.10 bits per heavy atom. The van der Waals surface area contributed by atoms with Gasteiger partial charge in [-0.25, -0.2) is 4.98 Å². The molecule has 0 aromatic carbocycles. The number of rotatable bonds is 3. The highest BCUT2D eigenvalue weighted by molar-refractivity contribution is 9.09. The van der Waals surface area contributed by atoms with E-state index in [1.807, 2.05) is 4.68 Å². The summed E-state index contributed by atoms with van der Waals surface area (Å²) in [5, 5.41) is 4.99. The minimum atomic E-state index is 0.905. The second-order valence-corrected chi connectivity index (χ2v) is 2.72. The van der Waals surface area contributed by atoms with Crippen LogP contribution in [-0.2, 0) is 13.0 Å². The van der Waals surface area contributed by atoms with Gasteiger partial charge in [0.05, 0.1) is 0 Å². The fraction of sp³-hybridized carbons (Fsp3) is 0.667. The summed E-state index contributed by atoms with van der Waals surface area (Å²) in [4.78, 5) is 4.10. The van der Waals surface area contributed by atoms with E-state index in [1.54, 1.807) is 6.33 Å². The topological polar surface area (TPSA) is 30.7 Å². The molecule has 0 aliphatic rings. The van der Waals surface area contributed by atoms with Gasteiger partial charge in [0.1, 0.15) is 12.2 Å². The molecule has 0 saturated heterocycles. The zero-order chi connectivity index (χ0) is 7.40. The van der Waals surface area contributed by atoms with Crippen molar-refractivity contribution in [2.75, 3.05) is 5.33 Å². The molecule has 0 fully saturated rings. The van der Waals surface area contributed by atoms with E-state index in [0.29, 0.717) is 0 Å². The Morgan fingerprint density at radius 1 is 1.70 bits per heavy atom. The van der Waals surface area contributed by atoms with Gasteiger partial charge < -0.3 is 0 Å². The van der Waals surface area contributed by atoms with E-state index in [4.69, 9.17) is 0 Å². The van der Waals surface area contributed by atoms with Gasteiger partial charge in [0.15, 0.2) is 0 Å². The van der Waals surface area contributed by atoms with Crippen molar-refractivity contribution in [3.63, 3.8) is 0 Å². The summed E-state index contributed by atoms with van der Waals surface area (Å²) >= 11 is 3.35. The van der Waals surface area contributed by atoms with E-state index in [1.165, 1.54) is 0 Å². The maximum absolute atomic E-state index is 4.10. The Morgan fingerprint density at radius 2 is 2.50 bits per heavy atom. The highest BCUT2D eigenvalue weighted by Crippen LogP contribution is 1.96. The summed E-state index contributed by atoms with van der Waals surface area (Å²) in [6.07, 6.45) is 2.55. The van der Waals surface area contributed by atoms with Crippen molar-refractivity contribution in [1.29, 1.82) is 0 Å². The summed E-state index contributed by atoms with van der Waals surface area (Å²) in [5.41, 5.74) is 0. The maximum Gasteiger partial charge on any atom is 0.138 e. The largest absolute Gasteiger partial charge is 0.250 e. The highest BCUT2D eigenvalue weighted by atomic mass is 79.9. The van der Waals surface area contributed by atoms with Crippen LogP contribution >= 0.6 is 15.9 Å². The lowest BCUT2D eigenvalue weighted by atomic mass is 10.4.